The van der Waals surface area contributed by atoms with Crippen LogP contribution in [0.15, 0.2) is 47.5 Å². The van der Waals surface area contributed by atoms with Crippen LogP contribution in [0.2, 0.25) is 0 Å². The van der Waals surface area contributed by atoms with Crippen molar-refractivity contribution in [3.8, 4) is 0 Å². The highest BCUT2D eigenvalue weighted by Crippen LogP contribution is 2.12. The zero-order valence-electron chi connectivity index (χ0n) is 16.2. The molecule has 0 atom stereocenters. The standard InChI is InChI=1S/C21H27N5.HI/c1-4-22-21(24-14-17-10-9-15(2)13-16(17)3)23-12-11-20-25-18-7-5-6-8-19(18)26-20;/h5-10,13H,4,11-12,14H2,1-3H3,(H,25,26)(H2,22,23,24);1H. The van der Waals surface area contributed by atoms with E-state index in [0.717, 1.165) is 42.3 Å². The molecule has 0 aliphatic carbocycles. The largest absolute Gasteiger partial charge is 0.357 e. The van der Waals surface area contributed by atoms with E-state index in [2.05, 4.69) is 65.6 Å². The third-order valence-corrected chi connectivity index (χ3v) is 4.34. The predicted molar refractivity (Wildman–Crippen MR) is 124 cm³/mol. The van der Waals surface area contributed by atoms with Crippen molar-refractivity contribution in [3.05, 3.63) is 65.0 Å². The van der Waals surface area contributed by atoms with Gasteiger partial charge in [-0.2, -0.15) is 0 Å². The van der Waals surface area contributed by atoms with Gasteiger partial charge in [0.1, 0.15) is 5.82 Å². The minimum absolute atomic E-state index is 0. The van der Waals surface area contributed by atoms with Crippen LogP contribution in [-0.4, -0.2) is 29.0 Å². The maximum atomic E-state index is 4.71. The number of para-hydroxylation sites is 2. The Morgan fingerprint density at radius 1 is 1.11 bits per heavy atom. The van der Waals surface area contributed by atoms with Crippen molar-refractivity contribution >= 4 is 41.0 Å². The number of H-pyrrole nitrogens is 1. The first-order valence-corrected chi connectivity index (χ1v) is 9.17. The lowest BCUT2D eigenvalue weighted by Gasteiger charge is -2.11. The van der Waals surface area contributed by atoms with Gasteiger partial charge >= 0.3 is 0 Å². The lowest BCUT2D eigenvalue weighted by molar-refractivity contribution is 0.780. The molecule has 1 aromatic heterocycles. The molecule has 3 aromatic rings. The van der Waals surface area contributed by atoms with Crippen molar-refractivity contribution in [3.63, 3.8) is 0 Å². The minimum atomic E-state index is 0. The molecule has 3 rings (SSSR count). The van der Waals surface area contributed by atoms with E-state index < -0.39 is 0 Å². The first-order chi connectivity index (χ1) is 12.7. The molecule has 0 saturated carbocycles. The number of benzene rings is 2. The third kappa shape index (κ3) is 5.95. The zero-order chi connectivity index (χ0) is 18.4. The van der Waals surface area contributed by atoms with Crippen LogP contribution < -0.4 is 10.6 Å². The number of aromatic amines is 1. The van der Waals surface area contributed by atoms with Gasteiger partial charge in [-0.1, -0.05) is 35.9 Å². The van der Waals surface area contributed by atoms with Gasteiger partial charge in [0, 0.05) is 19.5 Å². The number of aryl methyl sites for hydroxylation is 2. The minimum Gasteiger partial charge on any atom is -0.357 e. The van der Waals surface area contributed by atoms with Crippen LogP contribution in [0.3, 0.4) is 0 Å². The number of hydrogen-bond donors (Lipinski definition) is 3. The topological polar surface area (TPSA) is 65.1 Å². The second kappa shape index (κ2) is 10.3. The Bertz CT molecular complexity index is 867. The fourth-order valence-electron chi connectivity index (χ4n) is 2.95. The second-order valence-electron chi connectivity index (χ2n) is 6.50. The molecular weight excluding hydrogens is 449 g/mol. The molecule has 144 valence electrons. The number of halogens is 1. The van der Waals surface area contributed by atoms with Gasteiger partial charge in [-0.25, -0.2) is 9.98 Å². The van der Waals surface area contributed by atoms with Crippen molar-refractivity contribution in [2.45, 2.75) is 33.7 Å². The molecule has 0 bridgehead atoms. The van der Waals surface area contributed by atoms with E-state index in [-0.39, 0.29) is 24.0 Å². The summed E-state index contributed by atoms with van der Waals surface area (Å²) in [4.78, 5) is 12.7. The number of nitrogens with zero attached hydrogens (tertiary/aromatic N) is 2. The highest BCUT2D eigenvalue weighted by atomic mass is 127. The number of aliphatic imine (C=N–C) groups is 1. The van der Waals surface area contributed by atoms with Gasteiger partial charge < -0.3 is 15.6 Å². The van der Waals surface area contributed by atoms with Crippen LogP contribution >= 0.6 is 24.0 Å². The Balaban J connectivity index is 0.00000261. The number of fused-ring (bicyclic) bond motifs is 1. The van der Waals surface area contributed by atoms with Crippen molar-refractivity contribution in [2.24, 2.45) is 4.99 Å². The van der Waals surface area contributed by atoms with Crippen LogP contribution in [0.5, 0.6) is 0 Å². The number of imidazole rings is 1. The summed E-state index contributed by atoms with van der Waals surface area (Å²) in [6.07, 6.45) is 0.822. The summed E-state index contributed by atoms with van der Waals surface area (Å²) < 4.78 is 0. The summed E-state index contributed by atoms with van der Waals surface area (Å²) in [6.45, 7) is 8.62. The van der Waals surface area contributed by atoms with Crippen molar-refractivity contribution in [2.75, 3.05) is 13.1 Å². The summed E-state index contributed by atoms with van der Waals surface area (Å²) in [5.74, 6) is 1.83. The van der Waals surface area contributed by atoms with E-state index >= 15 is 0 Å². The lowest BCUT2D eigenvalue weighted by Crippen LogP contribution is -2.38. The molecular formula is C21H28IN5. The Hall–Kier alpha value is -2.09. The van der Waals surface area contributed by atoms with E-state index in [4.69, 9.17) is 4.99 Å². The molecule has 3 N–H and O–H groups in total. The number of aromatic nitrogens is 2. The molecule has 0 radical (unpaired) electrons. The van der Waals surface area contributed by atoms with Gasteiger partial charge in [-0.15, -0.1) is 24.0 Å². The van der Waals surface area contributed by atoms with E-state index in [9.17, 15) is 0 Å². The van der Waals surface area contributed by atoms with E-state index in [0.29, 0.717) is 6.54 Å². The monoisotopic (exact) mass is 477 g/mol. The lowest BCUT2D eigenvalue weighted by atomic mass is 10.1. The molecule has 0 spiro atoms. The average Bonchev–Trinajstić information content (AvgIpc) is 3.03. The van der Waals surface area contributed by atoms with Crippen molar-refractivity contribution in [1.29, 1.82) is 0 Å². The maximum Gasteiger partial charge on any atom is 0.191 e. The molecule has 0 amide bonds. The molecule has 5 nitrogen and oxygen atoms in total. The van der Waals surface area contributed by atoms with Gasteiger partial charge in [-0.3, -0.25) is 0 Å². The molecule has 0 unspecified atom stereocenters. The average molecular weight is 477 g/mol. The first-order valence-electron chi connectivity index (χ1n) is 9.17. The molecule has 0 saturated heterocycles. The van der Waals surface area contributed by atoms with Gasteiger partial charge in [0.05, 0.1) is 17.6 Å². The molecule has 0 fully saturated rings. The van der Waals surface area contributed by atoms with Crippen LogP contribution in [-0.2, 0) is 13.0 Å². The van der Waals surface area contributed by atoms with Gasteiger partial charge in [0.25, 0.3) is 0 Å². The number of guanidine groups is 1. The summed E-state index contributed by atoms with van der Waals surface area (Å²) >= 11 is 0. The first kappa shape index (κ1) is 21.2. The van der Waals surface area contributed by atoms with Crippen molar-refractivity contribution in [1.82, 2.24) is 20.6 Å². The maximum absolute atomic E-state index is 4.71. The van der Waals surface area contributed by atoms with E-state index in [1.165, 1.54) is 16.7 Å². The van der Waals surface area contributed by atoms with Crippen LogP contribution in [0.4, 0.5) is 0 Å². The van der Waals surface area contributed by atoms with Gasteiger partial charge in [0.15, 0.2) is 5.96 Å². The predicted octanol–water partition coefficient (Wildman–Crippen LogP) is 4.10. The summed E-state index contributed by atoms with van der Waals surface area (Å²) in [7, 11) is 0. The Morgan fingerprint density at radius 2 is 1.93 bits per heavy atom. The fourth-order valence-corrected chi connectivity index (χ4v) is 2.95. The highest BCUT2D eigenvalue weighted by molar-refractivity contribution is 14.0. The molecule has 0 aliphatic rings. The summed E-state index contributed by atoms with van der Waals surface area (Å²) in [5, 5.41) is 6.70. The van der Waals surface area contributed by atoms with Crippen LogP contribution in [0, 0.1) is 13.8 Å². The molecule has 27 heavy (non-hydrogen) atoms. The smallest absolute Gasteiger partial charge is 0.191 e. The van der Waals surface area contributed by atoms with E-state index in [1.807, 2.05) is 18.2 Å². The fraction of sp³-hybridized carbons (Fsp3) is 0.333. The van der Waals surface area contributed by atoms with Gasteiger partial charge in [-0.05, 0) is 44.0 Å². The number of rotatable bonds is 6. The SMILES string of the molecule is CCNC(=NCc1ccc(C)cc1C)NCCc1nc2ccccc2[nH]1.I. The summed E-state index contributed by atoms with van der Waals surface area (Å²) in [5.41, 5.74) is 5.92. The van der Waals surface area contributed by atoms with E-state index in [1.54, 1.807) is 0 Å². The van der Waals surface area contributed by atoms with Gasteiger partial charge in [0.2, 0.25) is 0 Å². The molecule has 1 heterocycles. The number of nitrogens with one attached hydrogen (secondary N) is 3. The summed E-state index contributed by atoms with van der Waals surface area (Å²) in [6, 6.07) is 14.6. The molecule has 6 heteroatoms. The quantitative estimate of drug-likeness (QED) is 0.285. The normalized spacial score (nSPS) is 11.3. The third-order valence-electron chi connectivity index (χ3n) is 4.34. The van der Waals surface area contributed by atoms with Crippen LogP contribution in [0.1, 0.15) is 29.4 Å². The van der Waals surface area contributed by atoms with Crippen LogP contribution in [0.25, 0.3) is 11.0 Å². The molecule has 0 aliphatic heterocycles. The Morgan fingerprint density at radius 3 is 2.67 bits per heavy atom. The molecule has 2 aromatic carbocycles. The Labute approximate surface area is 178 Å². The second-order valence-corrected chi connectivity index (χ2v) is 6.50. The zero-order valence-corrected chi connectivity index (χ0v) is 18.5. The van der Waals surface area contributed by atoms with Crippen molar-refractivity contribution < 1.29 is 0 Å². The Kier molecular flexibility index (Phi) is 8.09. The highest BCUT2D eigenvalue weighted by Gasteiger charge is 2.04. The number of hydrogen-bond acceptors (Lipinski definition) is 2.